The van der Waals surface area contributed by atoms with E-state index in [9.17, 15) is 8.78 Å². The third kappa shape index (κ3) is 1.85. The van der Waals surface area contributed by atoms with Crippen LogP contribution >= 0.6 is 11.6 Å². The lowest BCUT2D eigenvalue weighted by molar-refractivity contribution is 0.588. The lowest BCUT2D eigenvalue weighted by Crippen LogP contribution is -1.90. The van der Waals surface area contributed by atoms with Crippen molar-refractivity contribution in [3.8, 4) is 11.1 Å². The quantitative estimate of drug-likeness (QED) is 0.683. The summed E-state index contributed by atoms with van der Waals surface area (Å²) < 4.78 is 26.8. The molecule has 1 radical (unpaired) electrons. The monoisotopic (exact) mass is 223 g/mol. The molecule has 0 nitrogen and oxygen atoms in total. The summed E-state index contributed by atoms with van der Waals surface area (Å²) in [6.07, 6.45) is 0. The van der Waals surface area contributed by atoms with Gasteiger partial charge in [-0.25, -0.2) is 8.78 Å². The molecule has 0 spiro atoms. The molecule has 2 aromatic carbocycles. The first-order valence-corrected chi connectivity index (χ1v) is 4.68. The van der Waals surface area contributed by atoms with E-state index in [1.54, 1.807) is 24.3 Å². The zero-order valence-electron chi connectivity index (χ0n) is 7.60. The van der Waals surface area contributed by atoms with Gasteiger partial charge in [-0.3, -0.25) is 0 Å². The topological polar surface area (TPSA) is 0 Å². The predicted molar refractivity (Wildman–Crippen MR) is 55.6 cm³/mol. The van der Waals surface area contributed by atoms with Crippen molar-refractivity contribution in [2.45, 2.75) is 0 Å². The summed E-state index contributed by atoms with van der Waals surface area (Å²) >= 11 is 5.86. The maximum Gasteiger partial charge on any atom is 0.141 e. The van der Waals surface area contributed by atoms with Crippen LogP contribution in [0.25, 0.3) is 11.1 Å². The maximum absolute atomic E-state index is 13.4. The summed E-state index contributed by atoms with van der Waals surface area (Å²) in [5.41, 5.74) is 0.203. The summed E-state index contributed by atoms with van der Waals surface area (Å²) in [6.45, 7) is 0. The number of halogens is 3. The fraction of sp³-hybridized carbons (Fsp3) is 0. The molecule has 0 aromatic heterocycles. The minimum absolute atomic E-state index is 0.136. The van der Waals surface area contributed by atoms with E-state index in [2.05, 4.69) is 6.07 Å². The Morgan fingerprint density at radius 1 is 1.07 bits per heavy atom. The van der Waals surface area contributed by atoms with Crippen molar-refractivity contribution in [3.05, 3.63) is 59.1 Å². The van der Waals surface area contributed by atoms with Crippen molar-refractivity contribution in [2.24, 2.45) is 0 Å². The van der Waals surface area contributed by atoms with Crippen LogP contribution in [0, 0.1) is 17.7 Å². The Balaban J connectivity index is 2.69. The molecule has 2 aromatic rings. The van der Waals surface area contributed by atoms with Gasteiger partial charge in [0.25, 0.3) is 0 Å². The van der Waals surface area contributed by atoms with E-state index in [0.29, 0.717) is 10.6 Å². The average molecular weight is 224 g/mol. The zero-order valence-corrected chi connectivity index (χ0v) is 8.35. The Labute approximate surface area is 91.1 Å². The van der Waals surface area contributed by atoms with Gasteiger partial charge in [-0.1, -0.05) is 29.8 Å². The molecule has 0 fully saturated rings. The number of rotatable bonds is 1. The standard InChI is InChI=1S/C12H6ClF2/c13-9-5-2-1-4-8(9)12-10(14)6-3-7-11(12)15/h1-6H. The molecule has 15 heavy (non-hydrogen) atoms. The Morgan fingerprint density at radius 3 is 2.47 bits per heavy atom. The molecule has 0 N–H and O–H groups in total. The second kappa shape index (κ2) is 3.99. The maximum atomic E-state index is 13.4. The van der Waals surface area contributed by atoms with Crippen LogP contribution in [0.3, 0.4) is 0 Å². The van der Waals surface area contributed by atoms with Gasteiger partial charge in [0.15, 0.2) is 0 Å². The molecule has 0 aliphatic carbocycles. The number of hydrogen-bond acceptors (Lipinski definition) is 0. The minimum Gasteiger partial charge on any atom is -0.206 e. The molecule has 0 heterocycles. The molecule has 75 valence electrons. The van der Waals surface area contributed by atoms with Gasteiger partial charge in [0, 0.05) is 16.7 Å². The fourth-order valence-corrected chi connectivity index (χ4v) is 1.59. The Hall–Kier alpha value is -1.41. The lowest BCUT2D eigenvalue weighted by atomic mass is 10.0. The molecule has 0 atom stereocenters. The molecular weight excluding hydrogens is 218 g/mol. The summed E-state index contributed by atoms with van der Waals surface area (Å²) in [4.78, 5) is 0. The Bertz CT molecular complexity index is 474. The summed E-state index contributed by atoms with van der Waals surface area (Å²) in [6, 6.07) is 11.2. The van der Waals surface area contributed by atoms with Crippen LogP contribution in [-0.4, -0.2) is 0 Å². The predicted octanol–water partition coefficient (Wildman–Crippen LogP) is 4.09. The molecule has 0 unspecified atom stereocenters. The van der Waals surface area contributed by atoms with Gasteiger partial charge >= 0.3 is 0 Å². The van der Waals surface area contributed by atoms with Crippen molar-refractivity contribution in [2.75, 3.05) is 0 Å². The van der Waals surface area contributed by atoms with Gasteiger partial charge in [-0.15, -0.1) is 0 Å². The summed E-state index contributed by atoms with van der Waals surface area (Å²) in [5.74, 6) is -1.37. The van der Waals surface area contributed by atoms with Crippen molar-refractivity contribution < 1.29 is 8.78 Å². The minimum atomic E-state index is -0.733. The number of hydrogen-bond donors (Lipinski definition) is 0. The first-order valence-electron chi connectivity index (χ1n) is 4.30. The summed E-state index contributed by atoms with van der Waals surface area (Å²) in [5, 5.41) is 0.315. The molecule has 3 heteroatoms. The van der Waals surface area contributed by atoms with Crippen molar-refractivity contribution in [1.82, 2.24) is 0 Å². The van der Waals surface area contributed by atoms with Crippen LogP contribution < -0.4 is 0 Å². The molecule has 0 bridgehead atoms. The Morgan fingerprint density at radius 2 is 1.80 bits per heavy atom. The molecule has 0 aliphatic heterocycles. The first kappa shape index (κ1) is 10.1. The van der Waals surface area contributed by atoms with E-state index in [1.165, 1.54) is 6.07 Å². The lowest BCUT2D eigenvalue weighted by Gasteiger charge is -2.06. The molecule has 0 saturated heterocycles. The van der Waals surface area contributed by atoms with Gasteiger partial charge in [0.05, 0.1) is 5.56 Å². The van der Waals surface area contributed by atoms with Crippen molar-refractivity contribution in [3.63, 3.8) is 0 Å². The zero-order chi connectivity index (χ0) is 10.8. The summed E-state index contributed by atoms with van der Waals surface area (Å²) in [7, 11) is 0. The van der Waals surface area contributed by atoms with E-state index in [1.807, 2.05) is 0 Å². The second-order valence-corrected chi connectivity index (χ2v) is 3.40. The van der Waals surface area contributed by atoms with Crippen molar-refractivity contribution in [1.29, 1.82) is 0 Å². The molecule has 0 aliphatic rings. The molecule has 0 amide bonds. The molecular formula is C12H6ClF2. The van der Waals surface area contributed by atoms with Crippen LogP contribution in [0.1, 0.15) is 0 Å². The van der Waals surface area contributed by atoms with Crippen LogP contribution in [0.4, 0.5) is 8.78 Å². The first-order chi connectivity index (χ1) is 7.20. The average Bonchev–Trinajstić information content (AvgIpc) is 2.20. The molecule has 2 rings (SSSR count). The highest BCUT2D eigenvalue weighted by molar-refractivity contribution is 6.33. The van der Waals surface area contributed by atoms with E-state index in [-0.39, 0.29) is 5.56 Å². The van der Waals surface area contributed by atoms with Gasteiger partial charge < -0.3 is 0 Å². The van der Waals surface area contributed by atoms with E-state index in [4.69, 9.17) is 11.6 Å². The largest absolute Gasteiger partial charge is 0.206 e. The Kier molecular flexibility index (Phi) is 2.69. The van der Waals surface area contributed by atoms with Crippen LogP contribution in [-0.2, 0) is 0 Å². The highest BCUT2D eigenvalue weighted by Gasteiger charge is 2.13. The van der Waals surface area contributed by atoms with E-state index < -0.39 is 11.6 Å². The highest BCUT2D eigenvalue weighted by Crippen LogP contribution is 2.31. The number of benzene rings is 2. The van der Waals surface area contributed by atoms with Gasteiger partial charge in [-0.2, -0.15) is 0 Å². The van der Waals surface area contributed by atoms with Gasteiger partial charge in [-0.05, 0) is 18.2 Å². The third-order valence-corrected chi connectivity index (χ3v) is 2.37. The van der Waals surface area contributed by atoms with Gasteiger partial charge in [0.2, 0.25) is 0 Å². The SMILES string of the molecule is Fc1[c]ccc(F)c1-c1ccccc1Cl. The normalized spacial score (nSPS) is 10.3. The highest BCUT2D eigenvalue weighted by atomic mass is 35.5. The van der Waals surface area contributed by atoms with E-state index in [0.717, 1.165) is 6.07 Å². The van der Waals surface area contributed by atoms with Crippen LogP contribution in [0.5, 0.6) is 0 Å². The third-order valence-electron chi connectivity index (χ3n) is 2.04. The smallest absolute Gasteiger partial charge is 0.141 e. The van der Waals surface area contributed by atoms with Gasteiger partial charge in [0.1, 0.15) is 11.6 Å². The molecule has 0 saturated carbocycles. The fourth-order valence-electron chi connectivity index (χ4n) is 1.36. The van der Waals surface area contributed by atoms with Crippen LogP contribution in [0.2, 0.25) is 5.02 Å². The van der Waals surface area contributed by atoms with Crippen LogP contribution in [0.15, 0.2) is 36.4 Å². The second-order valence-electron chi connectivity index (χ2n) is 2.99. The van der Waals surface area contributed by atoms with Crippen molar-refractivity contribution >= 4 is 11.6 Å². The van der Waals surface area contributed by atoms with E-state index >= 15 is 0 Å².